The molecule has 0 aromatic heterocycles. The smallest absolute Gasteiger partial charge is 0.0998 e. The van der Waals surface area contributed by atoms with Crippen LogP contribution in [-0.4, -0.2) is 0 Å². The average molecular weight is 280 g/mol. The Morgan fingerprint density at radius 3 is 1.05 bits per heavy atom. The average Bonchev–Trinajstić information content (AvgIpc) is 2.58. The molecule has 0 radical (unpaired) electrons. The summed E-state index contributed by atoms with van der Waals surface area (Å²) >= 11 is 0. The lowest BCUT2D eigenvalue weighted by Gasteiger charge is -2.03. The Bertz CT molecular complexity index is 784. The molecule has 4 heteroatoms. The van der Waals surface area contributed by atoms with E-state index in [4.69, 9.17) is 21.0 Å². The molecule has 0 atom stereocenters. The van der Waals surface area contributed by atoms with Gasteiger partial charge in [-0.2, -0.15) is 21.0 Å². The summed E-state index contributed by atoms with van der Waals surface area (Å²) in [7, 11) is 0. The van der Waals surface area contributed by atoms with Gasteiger partial charge in [0.2, 0.25) is 0 Å². The van der Waals surface area contributed by atoms with Crippen LogP contribution in [0.2, 0.25) is 0 Å². The zero-order valence-corrected chi connectivity index (χ0v) is 11.4. The molecule has 2 aromatic rings. The first-order valence-electron chi connectivity index (χ1n) is 6.29. The Balaban J connectivity index is 2.62. The number of rotatable bonds is 2. The van der Waals surface area contributed by atoms with Crippen molar-refractivity contribution in [2.24, 2.45) is 0 Å². The Labute approximate surface area is 128 Å². The van der Waals surface area contributed by atoms with E-state index in [9.17, 15) is 0 Å². The quantitative estimate of drug-likeness (QED) is 0.788. The fourth-order valence-electron chi connectivity index (χ4n) is 2.05. The fraction of sp³-hybridized carbons (Fsp3) is 0. The van der Waals surface area contributed by atoms with Gasteiger partial charge in [-0.05, 0) is 24.3 Å². The van der Waals surface area contributed by atoms with Gasteiger partial charge in [-0.25, -0.2) is 0 Å². The van der Waals surface area contributed by atoms with E-state index < -0.39 is 0 Å². The van der Waals surface area contributed by atoms with Gasteiger partial charge in [0.25, 0.3) is 0 Å². The van der Waals surface area contributed by atoms with E-state index in [1.807, 2.05) is 24.3 Å². The molecule has 0 aliphatic carbocycles. The molecule has 22 heavy (non-hydrogen) atoms. The van der Waals surface area contributed by atoms with E-state index in [2.05, 4.69) is 0 Å². The van der Waals surface area contributed by atoms with E-state index in [0.29, 0.717) is 33.4 Å². The van der Waals surface area contributed by atoms with Crippen LogP contribution in [0.3, 0.4) is 0 Å². The van der Waals surface area contributed by atoms with Crippen molar-refractivity contribution in [2.45, 2.75) is 0 Å². The highest BCUT2D eigenvalue weighted by atomic mass is 14.3. The van der Waals surface area contributed by atoms with Gasteiger partial charge in [0.05, 0.1) is 46.5 Å². The Morgan fingerprint density at radius 2 is 0.818 bits per heavy atom. The van der Waals surface area contributed by atoms with E-state index in [-0.39, 0.29) is 0 Å². The molecule has 0 N–H and O–H groups in total. The predicted molar refractivity (Wildman–Crippen MR) is 80.7 cm³/mol. The molecule has 0 heterocycles. The minimum absolute atomic E-state index is 0.364. The van der Waals surface area contributed by atoms with Crippen LogP contribution in [0.5, 0.6) is 0 Å². The van der Waals surface area contributed by atoms with Gasteiger partial charge >= 0.3 is 0 Å². The molecule has 0 saturated heterocycles. The number of hydrogen-bond acceptors (Lipinski definition) is 4. The third-order valence-electron chi connectivity index (χ3n) is 3.11. The van der Waals surface area contributed by atoms with Gasteiger partial charge < -0.3 is 0 Å². The third-order valence-corrected chi connectivity index (χ3v) is 3.11. The maximum Gasteiger partial charge on any atom is 0.0998 e. The standard InChI is InChI=1S/C18H8N4/c19-9-13-3-1-4-14(10-20)17(13)7-8-18-15(11-21)5-2-6-16(18)12-22/h1-8H. The Hall–Kier alpha value is -3.86. The summed E-state index contributed by atoms with van der Waals surface area (Å²) in [5, 5.41) is 36.6. The van der Waals surface area contributed by atoms with Crippen LogP contribution in [0.25, 0.3) is 12.2 Å². The van der Waals surface area contributed by atoms with Crippen molar-refractivity contribution in [3.8, 4) is 24.3 Å². The van der Waals surface area contributed by atoms with Crippen molar-refractivity contribution in [2.75, 3.05) is 0 Å². The van der Waals surface area contributed by atoms with Gasteiger partial charge in [-0.3, -0.25) is 0 Å². The highest BCUT2D eigenvalue weighted by Crippen LogP contribution is 2.20. The lowest BCUT2D eigenvalue weighted by atomic mass is 9.98. The third kappa shape index (κ3) is 2.68. The van der Waals surface area contributed by atoms with E-state index in [1.165, 1.54) is 0 Å². The molecule has 0 saturated carbocycles. The largest absolute Gasteiger partial charge is 0.192 e. The molecule has 0 aliphatic rings. The zero-order valence-electron chi connectivity index (χ0n) is 11.4. The van der Waals surface area contributed by atoms with Gasteiger partial charge in [-0.1, -0.05) is 24.3 Å². The first-order chi connectivity index (χ1) is 10.7. The topological polar surface area (TPSA) is 95.2 Å². The molecule has 0 fully saturated rings. The number of hydrogen-bond donors (Lipinski definition) is 0. The van der Waals surface area contributed by atoms with Gasteiger partial charge in [-0.15, -0.1) is 0 Å². The minimum Gasteiger partial charge on any atom is -0.192 e. The first-order valence-corrected chi connectivity index (χ1v) is 6.29. The summed E-state index contributed by atoms with van der Waals surface area (Å²) in [5.74, 6) is 0. The van der Waals surface area contributed by atoms with E-state index in [0.717, 1.165) is 0 Å². The van der Waals surface area contributed by atoms with Crippen LogP contribution in [0.15, 0.2) is 36.4 Å². The SMILES string of the molecule is N#Cc1cccc(C#N)c1C=Cc1c(C#N)cccc1C#N. The summed E-state index contributed by atoms with van der Waals surface area (Å²) in [4.78, 5) is 0. The highest BCUT2D eigenvalue weighted by Gasteiger charge is 2.07. The molecular weight excluding hydrogens is 272 g/mol. The minimum atomic E-state index is 0.364. The molecule has 0 aliphatic heterocycles. The number of nitrogens with zero attached hydrogens (tertiary/aromatic N) is 4. The maximum absolute atomic E-state index is 9.14. The van der Waals surface area contributed by atoms with Gasteiger partial charge in [0.1, 0.15) is 0 Å². The van der Waals surface area contributed by atoms with Crippen molar-refractivity contribution in [3.63, 3.8) is 0 Å². The molecule has 2 rings (SSSR count). The van der Waals surface area contributed by atoms with Crippen LogP contribution in [0.4, 0.5) is 0 Å². The molecule has 0 spiro atoms. The first kappa shape index (κ1) is 14.5. The summed E-state index contributed by atoms with van der Waals surface area (Å²) in [6, 6.07) is 17.9. The molecule has 0 amide bonds. The van der Waals surface area contributed by atoms with Crippen LogP contribution in [-0.2, 0) is 0 Å². The Morgan fingerprint density at radius 1 is 0.545 bits per heavy atom. The van der Waals surface area contributed by atoms with E-state index in [1.54, 1.807) is 48.6 Å². The Kier molecular flexibility index (Phi) is 4.32. The van der Waals surface area contributed by atoms with E-state index >= 15 is 0 Å². The van der Waals surface area contributed by atoms with Gasteiger partial charge in [0, 0.05) is 11.1 Å². The van der Waals surface area contributed by atoms with Crippen molar-refractivity contribution < 1.29 is 0 Å². The van der Waals surface area contributed by atoms with Crippen molar-refractivity contribution in [1.29, 1.82) is 21.0 Å². The number of benzene rings is 2. The molecule has 2 aromatic carbocycles. The normalized spacial score (nSPS) is 9.45. The van der Waals surface area contributed by atoms with Crippen LogP contribution in [0.1, 0.15) is 33.4 Å². The zero-order chi connectivity index (χ0) is 15.9. The molecule has 0 bridgehead atoms. The van der Waals surface area contributed by atoms with Crippen LogP contribution < -0.4 is 0 Å². The predicted octanol–water partition coefficient (Wildman–Crippen LogP) is 3.34. The maximum atomic E-state index is 9.14. The second kappa shape index (κ2) is 6.53. The highest BCUT2D eigenvalue weighted by molar-refractivity contribution is 5.79. The molecule has 0 unspecified atom stereocenters. The fourth-order valence-corrected chi connectivity index (χ4v) is 2.05. The monoisotopic (exact) mass is 280 g/mol. The second-order valence-electron chi connectivity index (χ2n) is 4.31. The summed E-state index contributed by atoms with van der Waals surface area (Å²) < 4.78 is 0. The summed E-state index contributed by atoms with van der Waals surface area (Å²) in [6.45, 7) is 0. The molecule has 4 nitrogen and oxygen atoms in total. The van der Waals surface area contributed by atoms with Crippen LogP contribution >= 0.6 is 0 Å². The van der Waals surface area contributed by atoms with Crippen LogP contribution in [0, 0.1) is 45.3 Å². The lowest BCUT2D eigenvalue weighted by molar-refractivity contribution is 1.42. The summed E-state index contributed by atoms with van der Waals surface area (Å²) in [6.07, 6.45) is 3.18. The van der Waals surface area contributed by atoms with Crippen molar-refractivity contribution in [3.05, 3.63) is 69.8 Å². The van der Waals surface area contributed by atoms with Crippen molar-refractivity contribution in [1.82, 2.24) is 0 Å². The van der Waals surface area contributed by atoms with Gasteiger partial charge in [0.15, 0.2) is 0 Å². The summed E-state index contributed by atoms with van der Waals surface area (Å²) in [5.41, 5.74) is 2.41. The second-order valence-corrected chi connectivity index (χ2v) is 4.31. The van der Waals surface area contributed by atoms with Crippen molar-refractivity contribution >= 4 is 12.2 Å². The molecular formula is C18H8N4. The lowest BCUT2D eigenvalue weighted by Crippen LogP contribution is -1.90. The number of nitriles is 4. The molecule has 100 valence electrons.